The van der Waals surface area contributed by atoms with Crippen LogP contribution in [0.4, 0.5) is 5.69 Å². The van der Waals surface area contributed by atoms with Crippen LogP contribution in [0.3, 0.4) is 0 Å². The fourth-order valence-electron chi connectivity index (χ4n) is 2.13. The zero-order valence-electron chi connectivity index (χ0n) is 10.9. The highest BCUT2D eigenvalue weighted by Gasteiger charge is 2.10. The maximum atomic E-state index is 6.06. The van der Waals surface area contributed by atoms with E-state index < -0.39 is 0 Å². The van der Waals surface area contributed by atoms with Gasteiger partial charge < -0.3 is 10.7 Å². The summed E-state index contributed by atoms with van der Waals surface area (Å²) in [5, 5.41) is 0.865. The van der Waals surface area contributed by atoms with Crippen molar-refractivity contribution in [3.05, 3.63) is 45.9 Å². The highest BCUT2D eigenvalue weighted by molar-refractivity contribution is 6.39. The lowest BCUT2D eigenvalue weighted by Gasteiger charge is -2.03. The molecule has 1 aromatic heterocycles. The van der Waals surface area contributed by atoms with Crippen LogP contribution in [0.5, 0.6) is 0 Å². The highest BCUT2D eigenvalue weighted by Crippen LogP contribution is 2.33. The van der Waals surface area contributed by atoms with Crippen molar-refractivity contribution >= 4 is 39.9 Å². The standard InChI is InChI=1S/C15H13Cl2N3/c1-2-8-3-4-12-13(5-8)20-15(19-12)9-6-10(16)14(18)11(17)7-9/h3-7H,2,18H2,1H3,(H,19,20). The first-order chi connectivity index (χ1) is 9.58. The van der Waals surface area contributed by atoms with Crippen molar-refractivity contribution in [3.63, 3.8) is 0 Å². The number of halogens is 2. The Labute approximate surface area is 126 Å². The first kappa shape index (κ1) is 13.3. The Morgan fingerprint density at radius 3 is 2.50 bits per heavy atom. The molecule has 3 rings (SSSR count). The summed E-state index contributed by atoms with van der Waals surface area (Å²) in [6, 6.07) is 9.72. The van der Waals surface area contributed by atoms with Crippen LogP contribution in [0, 0.1) is 0 Å². The first-order valence-corrected chi connectivity index (χ1v) is 7.07. The number of benzene rings is 2. The monoisotopic (exact) mass is 305 g/mol. The molecule has 0 bridgehead atoms. The molecule has 2 aromatic carbocycles. The molecular formula is C15H13Cl2N3. The van der Waals surface area contributed by atoms with E-state index in [4.69, 9.17) is 28.9 Å². The normalized spacial score (nSPS) is 11.2. The summed E-state index contributed by atoms with van der Waals surface area (Å²) in [5.74, 6) is 0.733. The molecule has 20 heavy (non-hydrogen) atoms. The lowest BCUT2D eigenvalue weighted by atomic mass is 10.1. The molecule has 3 aromatic rings. The summed E-state index contributed by atoms with van der Waals surface area (Å²) >= 11 is 12.1. The van der Waals surface area contributed by atoms with E-state index in [1.54, 1.807) is 12.1 Å². The molecule has 102 valence electrons. The van der Waals surface area contributed by atoms with Gasteiger partial charge in [-0.2, -0.15) is 0 Å². The molecule has 1 heterocycles. The number of nitrogen functional groups attached to an aromatic ring is 1. The summed E-state index contributed by atoms with van der Waals surface area (Å²) in [7, 11) is 0. The van der Waals surface area contributed by atoms with Gasteiger partial charge in [-0.1, -0.05) is 36.2 Å². The Hall–Kier alpha value is -1.71. The van der Waals surface area contributed by atoms with Gasteiger partial charge in [0.25, 0.3) is 0 Å². The Bertz CT molecular complexity index is 770. The third-order valence-electron chi connectivity index (χ3n) is 3.31. The predicted molar refractivity (Wildman–Crippen MR) is 85.3 cm³/mol. The number of nitrogens with one attached hydrogen (secondary N) is 1. The third kappa shape index (κ3) is 2.23. The number of rotatable bonds is 2. The van der Waals surface area contributed by atoms with E-state index >= 15 is 0 Å². The Kier molecular flexibility index (Phi) is 3.32. The maximum Gasteiger partial charge on any atom is 0.138 e. The van der Waals surface area contributed by atoms with Gasteiger partial charge in [0.15, 0.2) is 0 Å². The topological polar surface area (TPSA) is 54.7 Å². The fraction of sp³-hybridized carbons (Fsp3) is 0.133. The number of anilines is 1. The zero-order chi connectivity index (χ0) is 14.3. The summed E-state index contributed by atoms with van der Waals surface area (Å²) in [6.45, 7) is 2.12. The number of H-pyrrole nitrogens is 1. The summed E-state index contributed by atoms with van der Waals surface area (Å²) < 4.78 is 0. The number of imidazole rings is 1. The van der Waals surface area contributed by atoms with Crippen LogP contribution in [0.2, 0.25) is 10.0 Å². The molecule has 0 spiro atoms. The number of nitrogens with two attached hydrogens (primary N) is 1. The molecule has 0 saturated heterocycles. The molecule has 0 amide bonds. The minimum Gasteiger partial charge on any atom is -0.396 e. The van der Waals surface area contributed by atoms with Crippen molar-refractivity contribution in [2.45, 2.75) is 13.3 Å². The number of aromatic amines is 1. The van der Waals surface area contributed by atoms with E-state index in [2.05, 4.69) is 29.0 Å². The molecular weight excluding hydrogens is 293 g/mol. The van der Waals surface area contributed by atoms with Crippen molar-refractivity contribution in [2.75, 3.05) is 5.73 Å². The molecule has 0 aliphatic carbocycles. The van der Waals surface area contributed by atoms with Crippen molar-refractivity contribution in [1.29, 1.82) is 0 Å². The van der Waals surface area contributed by atoms with Crippen molar-refractivity contribution < 1.29 is 0 Å². The van der Waals surface area contributed by atoms with E-state index in [0.717, 1.165) is 28.8 Å². The maximum absolute atomic E-state index is 6.06. The summed E-state index contributed by atoms with van der Waals surface area (Å²) in [4.78, 5) is 7.85. The van der Waals surface area contributed by atoms with Crippen LogP contribution in [0.1, 0.15) is 12.5 Å². The smallest absolute Gasteiger partial charge is 0.138 e. The molecule has 0 unspecified atom stereocenters. The molecule has 0 aliphatic heterocycles. The van der Waals surface area contributed by atoms with Gasteiger partial charge in [-0.15, -0.1) is 0 Å². The summed E-state index contributed by atoms with van der Waals surface area (Å²) in [5.41, 5.74) is 10.1. The quantitative estimate of drug-likeness (QED) is 0.675. The van der Waals surface area contributed by atoms with Gasteiger partial charge in [-0.05, 0) is 36.2 Å². The Morgan fingerprint density at radius 2 is 1.85 bits per heavy atom. The highest BCUT2D eigenvalue weighted by atomic mass is 35.5. The number of aryl methyl sites for hydroxylation is 1. The lowest BCUT2D eigenvalue weighted by molar-refractivity contribution is 1.14. The van der Waals surface area contributed by atoms with E-state index in [-0.39, 0.29) is 0 Å². The van der Waals surface area contributed by atoms with E-state index in [1.807, 2.05) is 6.07 Å². The van der Waals surface area contributed by atoms with Crippen LogP contribution in [0.15, 0.2) is 30.3 Å². The van der Waals surface area contributed by atoms with E-state index in [9.17, 15) is 0 Å². The molecule has 0 aliphatic rings. The largest absolute Gasteiger partial charge is 0.396 e. The van der Waals surface area contributed by atoms with Crippen LogP contribution in [-0.4, -0.2) is 9.97 Å². The van der Waals surface area contributed by atoms with Crippen LogP contribution in [-0.2, 0) is 6.42 Å². The zero-order valence-corrected chi connectivity index (χ0v) is 12.4. The molecule has 0 radical (unpaired) electrons. The van der Waals surface area contributed by atoms with Gasteiger partial charge in [-0.25, -0.2) is 4.98 Å². The van der Waals surface area contributed by atoms with Crippen LogP contribution in [0.25, 0.3) is 22.4 Å². The second kappa shape index (κ2) is 5.00. The van der Waals surface area contributed by atoms with Gasteiger partial charge in [0.2, 0.25) is 0 Å². The van der Waals surface area contributed by atoms with Gasteiger partial charge in [0, 0.05) is 5.56 Å². The average Bonchev–Trinajstić information content (AvgIpc) is 2.86. The van der Waals surface area contributed by atoms with Gasteiger partial charge in [0.1, 0.15) is 5.82 Å². The van der Waals surface area contributed by atoms with Gasteiger partial charge in [0.05, 0.1) is 26.8 Å². The summed E-state index contributed by atoms with van der Waals surface area (Å²) in [6.07, 6.45) is 0.990. The molecule has 5 heteroatoms. The molecule has 0 saturated carbocycles. The molecule has 0 fully saturated rings. The first-order valence-electron chi connectivity index (χ1n) is 6.32. The van der Waals surface area contributed by atoms with Crippen molar-refractivity contribution in [1.82, 2.24) is 9.97 Å². The number of fused-ring (bicyclic) bond motifs is 1. The number of hydrogen-bond acceptors (Lipinski definition) is 2. The minimum atomic E-state index is 0.390. The minimum absolute atomic E-state index is 0.390. The molecule has 3 N–H and O–H groups in total. The van der Waals surface area contributed by atoms with Crippen molar-refractivity contribution in [2.24, 2.45) is 0 Å². The van der Waals surface area contributed by atoms with E-state index in [0.29, 0.717) is 15.7 Å². The predicted octanol–water partition coefficient (Wildman–Crippen LogP) is 4.68. The SMILES string of the molecule is CCc1ccc2nc(-c3cc(Cl)c(N)c(Cl)c3)[nH]c2c1. The van der Waals surface area contributed by atoms with Crippen molar-refractivity contribution in [3.8, 4) is 11.4 Å². The number of hydrogen-bond donors (Lipinski definition) is 2. The molecule has 3 nitrogen and oxygen atoms in total. The second-order valence-electron chi connectivity index (χ2n) is 4.64. The second-order valence-corrected chi connectivity index (χ2v) is 5.46. The van der Waals surface area contributed by atoms with Gasteiger partial charge >= 0.3 is 0 Å². The van der Waals surface area contributed by atoms with Gasteiger partial charge in [-0.3, -0.25) is 0 Å². The number of nitrogens with zero attached hydrogens (tertiary/aromatic N) is 1. The van der Waals surface area contributed by atoms with E-state index in [1.165, 1.54) is 5.56 Å². The lowest BCUT2D eigenvalue weighted by Crippen LogP contribution is -1.89. The van der Waals surface area contributed by atoms with Crippen LogP contribution >= 0.6 is 23.2 Å². The average molecular weight is 306 g/mol. The Balaban J connectivity index is 2.14. The van der Waals surface area contributed by atoms with Crippen LogP contribution < -0.4 is 5.73 Å². The molecule has 0 atom stereocenters. The third-order valence-corrected chi connectivity index (χ3v) is 3.93. The Morgan fingerprint density at radius 1 is 1.15 bits per heavy atom. The fourth-order valence-corrected chi connectivity index (χ4v) is 2.62. The number of aromatic nitrogens is 2.